The van der Waals surface area contributed by atoms with Gasteiger partial charge in [0.1, 0.15) is 5.78 Å². The second-order valence-electron chi connectivity index (χ2n) is 4.86. The van der Waals surface area contributed by atoms with E-state index in [-0.39, 0.29) is 5.54 Å². The number of rotatable bonds is 5. The van der Waals surface area contributed by atoms with E-state index >= 15 is 0 Å². The van der Waals surface area contributed by atoms with Crippen molar-refractivity contribution in [1.82, 2.24) is 0 Å². The van der Waals surface area contributed by atoms with Crippen molar-refractivity contribution in [3.05, 3.63) is 22.4 Å². The van der Waals surface area contributed by atoms with Crippen LogP contribution in [-0.4, -0.2) is 11.3 Å². The lowest BCUT2D eigenvalue weighted by Gasteiger charge is -2.22. The molecule has 0 unspecified atom stereocenters. The van der Waals surface area contributed by atoms with E-state index in [0.717, 1.165) is 19.3 Å². The van der Waals surface area contributed by atoms with Gasteiger partial charge >= 0.3 is 0 Å². The Bertz CT molecular complexity index is 339. The third kappa shape index (κ3) is 3.16. The lowest BCUT2D eigenvalue weighted by molar-refractivity contribution is -0.120. The van der Waals surface area contributed by atoms with Crippen molar-refractivity contribution in [1.29, 1.82) is 0 Å². The summed E-state index contributed by atoms with van der Waals surface area (Å²) in [7, 11) is 0. The molecule has 0 aromatic carbocycles. The standard InChI is InChI=1S/C13H19NOS/c14-13(7-1-2-8-13)10-11(15)5-6-12-4-3-9-16-12/h3-4,9H,1-2,5-8,10,14H2. The SMILES string of the molecule is NC1(CC(=O)CCc2cccs2)CCCC1. The summed E-state index contributed by atoms with van der Waals surface area (Å²) in [6.07, 6.45) is 6.54. The molecule has 2 N–H and O–H groups in total. The number of thiophene rings is 1. The van der Waals surface area contributed by atoms with Gasteiger partial charge in [-0.15, -0.1) is 11.3 Å². The van der Waals surface area contributed by atoms with Crippen LogP contribution in [0.4, 0.5) is 0 Å². The van der Waals surface area contributed by atoms with Crippen molar-refractivity contribution in [3.8, 4) is 0 Å². The summed E-state index contributed by atoms with van der Waals surface area (Å²) in [6, 6.07) is 4.12. The number of hydrogen-bond donors (Lipinski definition) is 1. The first kappa shape index (κ1) is 11.8. The molecule has 0 aliphatic heterocycles. The lowest BCUT2D eigenvalue weighted by atomic mass is 9.91. The third-order valence-electron chi connectivity index (χ3n) is 3.38. The minimum atomic E-state index is -0.174. The fourth-order valence-electron chi connectivity index (χ4n) is 2.45. The van der Waals surface area contributed by atoms with Crippen LogP contribution >= 0.6 is 11.3 Å². The number of hydrogen-bond acceptors (Lipinski definition) is 3. The normalized spacial score (nSPS) is 18.8. The summed E-state index contributed by atoms with van der Waals surface area (Å²) >= 11 is 1.72. The monoisotopic (exact) mass is 237 g/mol. The molecule has 0 bridgehead atoms. The molecule has 2 nitrogen and oxygen atoms in total. The van der Waals surface area contributed by atoms with Crippen LogP contribution in [0.3, 0.4) is 0 Å². The molecule has 1 aromatic heterocycles. The van der Waals surface area contributed by atoms with Gasteiger partial charge in [0.25, 0.3) is 0 Å². The Morgan fingerprint density at radius 1 is 1.44 bits per heavy atom. The largest absolute Gasteiger partial charge is 0.325 e. The van der Waals surface area contributed by atoms with E-state index in [1.54, 1.807) is 11.3 Å². The van der Waals surface area contributed by atoms with Crippen molar-refractivity contribution in [3.63, 3.8) is 0 Å². The number of Topliss-reactive ketones (excluding diaryl/α,β-unsaturated/α-hetero) is 1. The van der Waals surface area contributed by atoms with E-state index in [4.69, 9.17) is 5.73 Å². The van der Waals surface area contributed by atoms with Gasteiger partial charge in [-0.3, -0.25) is 4.79 Å². The highest BCUT2D eigenvalue weighted by molar-refractivity contribution is 7.09. The van der Waals surface area contributed by atoms with E-state index in [1.165, 1.54) is 17.7 Å². The Labute approximate surface area is 101 Å². The molecule has 1 aromatic rings. The summed E-state index contributed by atoms with van der Waals surface area (Å²) in [4.78, 5) is 13.1. The zero-order valence-corrected chi connectivity index (χ0v) is 10.4. The van der Waals surface area contributed by atoms with E-state index in [9.17, 15) is 4.79 Å². The van der Waals surface area contributed by atoms with Crippen LogP contribution in [0.15, 0.2) is 17.5 Å². The Kier molecular flexibility index (Phi) is 3.77. The molecule has 0 saturated heterocycles. The Morgan fingerprint density at radius 3 is 2.81 bits per heavy atom. The predicted molar refractivity (Wildman–Crippen MR) is 67.7 cm³/mol. The first-order chi connectivity index (χ1) is 7.68. The molecule has 1 aliphatic rings. The molecule has 3 heteroatoms. The van der Waals surface area contributed by atoms with Crippen molar-refractivity contribution >= 4 is 17.1 Å². The molecule has 16 heavy (non-hydrogen) atoms. The number of nitrogens with two attached hydrogens (primary N) is 1. The van der Waals surface area contributed by atoms with Gasteiger partial charge in [-0.1, -0.05) is 18.9 Å². The maximum atomic E-state index is 11.8. The van der Waals surface area contributed by atoms with Crippen LogP contribution in [0.2, 0.25) is 0 Å². The van der Waals surface area contributed by atoms with Gasteiger partial charge < -0.3 is 5.73 Å². The van der Waals surface area contributed by atoms with Crippen LogP contribution in [0.25, 0.3) is 0 Å². The smallest absolute Gasteiger partial charge is 0.135 e. The average Bonchev–Trinajstić information content (AvgIpc) is 2.86. The fraction of sp³-hybridized carbons (Fsp3) is 0.615. The van der Waals surface area contributed by atoms with Gasteiger partial charge in [0.2, 0.25) is 0 Å². The lowest BCUT2D eigenvalue weighted by Crippen LogP contribution is -2.38. The number of carbonyl (C=O) groups excluding carboxylic acids is 1. The molecule has 1 fully saturated rings. The molecule has 0 amide bonds. The zero-order valence-electron chi connectivity index (χ0n) is 9.58. The van der Waals surface area contributed by atoms with Gasteiger partial charge in [0.15, 0.2) is 0 Å². The van der Waals surface area contributed by atoms with Crippen LogP contribution in [0, 0.1) is 0 Å². The summed E-state index contributed by atoms with van der Waals surface area (Å²) in [5, 5.41) is 2.06. The first-order valence-corrected chi connectivity index (χ1v) is 6.89. The van der Waals surface area contributed by atoms with E-state index in [1.807, 2.05) is 6.07 Å². The number of carbonyl (C=O) groups is 1. The van der Waals surface area contributed by atoms with Crippen LogP contribution in [-0.2, 0) is 11.2 Å². The highest BCUT2D eigenvalue weighted by Crippen LogP contribution is 2.30. The number of aryl methyl sites for hydroxylation is 1. The second-order valence-corrected chi connectivity index (χ2v) is 5.90. The second kappa shape index (κ2) is 5.11. The molecule has 0 spiro atoms. The molecule has 1 heterocycles. The minimum absolute atomic E-state index is 0.174. The quantitative estimate of drug-likeness (QED) is 0.855. The summed E-state index contributed by atoms with van der Waals surface area (Å²) in [5.74, 6) is 0.331. The molecule has 1 aliphatic carbocycles. The van der Waals surface area contributed by atoms with Crippen molar-refractivity contribution in [2.24, 2.45) is 5.73 Å². The molecular weight excluding hydrogens is 218 g/mol. The Morgan fingerprint density at radius 2 is 2.19 bits per heavy atom. The number of ketones is 1. The topological polar surface area (TPSA) is 43.1 Å². The third-order valence-corrected chi connectivity index (χ3v) is 4.32. The van der Waals surface area contributed by atoms with Gasteiger partial charge in [0.05, 0.1) is 0 Å². The van der Waals surface area contributed by atoms with E-state index in [0.29, 0.717) is 18.6 Å². The van der Waals surface area contributed by atoms with Crippen LogP contribution in [0.5, 0.6) is 0 Å². The minimum Gasteiger partial charge on any atom is -0.325 e. The van der Waals surface area contributed by atoms with Gasteiger partial charge in [0, 0.05) is 23.3 Å². The van der Waals surface area contributed by atoms with Crippen molar-refractivity contribution in [2.75, 3.05) is 0 Å². The Balaban J connectivity index is 1.76. The summed E-state index contributed by atoms with van der Waals surface area (Å²) in [5.41, 5.74) is 6.02. The van der Waals surface area contributed by atoms with Crippen molar-refractivity contribution < 1.29 is 4.79 Å². The maximum absolute atomic E-state index is 11.8. The highest BCUT2D eigenvalue weighted by Gasteiger charge is 2.31. The average molecular weight is 237 g/mol. The van der Waals surface area contributed by atoms with E-state index in [2.05, 4.69) is 11.4 Å². The maximum Gasteiger partial charge on any atom is 0.135 e. The van der Waals surface area contributed by atoms with Crippen LogP contribution in [0.1, 0.15) is 43.4 Å². The molecule has 1 saturated carbocycles. The summed E-state index contributed by atoms with van der Waals surface area (Å²) < 4.78 is 0. The van der Waals surface area contributed by atoms with Crippen LogP contribution < -0.4 is 5.73 Å². The molecule has 88 valence electrons. The van der Waals surface area contributed by atoms with E-state index < -0.39 is 0 Å². The summed E-state index contributed by atoms with van der Waals surface area (Å²) in [6.45, 7) is 0. The molecule has 0 atom stereocenters. The fourth-order valence-corrected chi connectivity index (χ4v) is 3.16. The molecule has 0 radical (unpaired) electrons. The molecular formula is C13H19NOS. The van der Waals surface area contributed by atoms with Crippen molar-refractivity contribution in [2.45, 2.75) is 50.5 Å². The zero-order chi connectivity index (χ0) is 11.4. The molecule has 2 rings (SSSR count). The first-order valence-electron chi connectivity index (χ1n) is 6.01. The van der Waals surface area contributed by atoms with Gasteiger partial charge in [-0.2, -0.15) is 0 Å². The highest BCUT2D eigenvalue weighted by atomic mass is 32.1. The van der Waals surface area contributed by atoms with Gasteiger partial charge in [-0.25, -0.2) is 0 Å². The predicted octanol–water partition coefficient (Wildman–Crippen LogP) is 2.91. The van der Waals surface area contributed by atoms with Gasteiger partial charge in [-0.05, 0) is 30.7 Å². The Hall–Kier alpha value is -0.670.